The second-order valence-corrected chi connectivity index (χ2v) is 5.18. The second-order valence-electron chi connectivity index (χ2n) is 5.18. The maximum atomic E-state index is 13.0. The van der Waals surface area contributed by atoms with Gasteiger partial charge >= 0.3 is 0 Å². The zero-order valence-corrected chi connectivity index (χ0v) is 11.5. The van der Waals surface area contributed by atoms with Gasteiger partial charge in [0, 0.05) is 13.1 Å². The van der Waals surface area contributed by atoms with Gasteiger partial charge in [0.1, 0.15) is 5.82 Å². The van der Waals surface area contributed by atoms with Crippen LogP contribution in [0.4, 0.5) is 4.39 Å². The predicted octanol–water partition coefficient (Wildman–Crippen LogP) is 3.54. The molecule has 2 aromatic rings. The van der Waals surface area contributed by atoms with Gasteiger partial charge in [0.2, 0.25) is 0 Å². The normalized spacial score (nSPS) is 22.7. The number of benzene rings is 2. The summed E-state index contributed by atoms with van der Waals surface area (Å²) in [5.74, 6) is -0.215. The highest BCUT2D eigenvalue weighted by atomic mass is 19.1. The van der Waals surface area contributed by atoms with E-state index in [1.807, 2.05) is 12.1 Å². The van der Waals surface area contributed by atoms with Crippen molar-refractivity contribution in [1.29, 1.82) is 0 Å². The van der Waals surface area contributed by atoms with E-state index in [9.17, 15) is 4.39 Å². The first kappa shape index (κ1) is 13.3. The molecule has 1 heterocycles. The summed E-state index contributed by atoms with van der Waals surface area (Å²) in [4.78, 5) is 0. The third kappa shape index (κ3) is 2.74. The average molecular weight is 271 g/mol. The molecular formula is C17H18FNO. The van der Waals surface area contributed by atoms with E-state index < -0.39 is 0 Å². The molecule has 3 rings (SSSR count). The summed E-state index contributed by atoms with van der Waals surface area (Å²) in [5, 5.41) is 3.40. The highest BCUT2D eigenvalue weighted by Crippen LogP contribution is 2.30. The standard InChI is InChI=1S/C17H18FNO/c1-12-4-2-3-5-15(12)17-11-19-10-16(20-17)13-6-8-14(18)9-7-13/h2-9,16-17,19H,10-11H2,1H3. The molecule has 0 saturated carbocycles. The molecule has 2 aromatic carbocycles. The minimum absolute atomic E-state index is 0.0334. The van der Waals surface area contributed by atoms with Crippen LogP contribution in [0.3, 0.4) is 0 Å². The Bertz CT molecular complexity index is 582. The largest absolute Gasteiger partial charge is 0.363 e. The van der Waals surface area contributed by atoms with Gasteiger partial charge in [-0.05, 0) is 35.7 Å². The number of morpholine rings is 1. The molecule has 0 amide bonds. The first-order chi connectivity index (χ1) is 9.74. The minimum atomic E-state index is -0.215. The summed E-state index contributed by atoms with van der Waals surface area (Å²) in [6.45, 7) is 3.66. The van der Waals surface area contributed by atoms with Crippen LogP contribution in [0.1, 0.15) is 28.9 Å². The smallest absolute Gasteiger partial charge is 0.123 e. The topological polar surface area (TPSA) is 21.3 Å². The molecule has 0 spiro atoms. The highest BCUT2D eigenvalue weighted by molar-refractivity contribution is 5.29. The van der Waals surface area contributed by atoms with Crippen LogP contribution in [0.15, 0.2) is 48.5 Å². The Morgan fingerprint density at radius 1 is 1.00 bits per heavy atom. The fourth-order valence-corrected chi connectivity index (χ4v) is 2.65. The van der Waals surface area contributed by atoms with Crippen LogP contribution in [0.5, 0.6) is 0 Å². The minimum Gasteiger partial charge on any atom is -0.363 e. The van der Waals surface area contributed by atoms with Gasteiger partial charge in [0.05, 0.1) is 12.2 Å². The van der Waals surface area contributed by atoms with Crippen LogP contribution in [0, 0.1) is 12.7 Å². The van der Waals surface area contributed by atoms with Gasteiger partial charge < -0.3 is 10.1 Å². The molecule has 0 aromatic heterocycles. The van der Waals surface area contributed by atoms with E-state index in [1.165, 1.54) is 23.3 Å². The summed E-state index contributed by atoms with van der Waals surface area (Å²) in [6.07, 6.45) is 0.00830. The molecular weight excluding hydrogens is 253 g/mol. The first-order valence-electron chi connectivity index (χ1n) is 6.91. The number of hydrogen-bond donors (Lipinski definition) is 1. The number of aryl methyl sites for hydroxylation is 1. The maximum absolute atomic E-state index is 13.0. The fourth-order valence-electron chi connectivity index (χ4n) is 2.65. The Morgan fingerprint density at radius 3 is 2.45 bits per heavy atom. The summed E-state index contributed by atoms with van der Waals surface area (Å²) < 4.78 is 19.2. The van der Waals surface area contributed by atoms with E-state index in [-0.39, 0.29) is 18.0 Å². The highest BCUT2D eigenvalue weighted by Gasteiger charge is 2.25. The Labute approximate surface area is 118 Å². The monoisotopic (exact) mass is 271 g/mol. The van der Waals surface area contributed by atoms with Gasteiger partial charge in [-0.25, -0.2) is 4.39 Å². The third-order valence-corrected chi connectivity index (χ3v) is 3.77. The van der Waals surface area contributed by atoms with Gasteiger partial charge in [-0.1, -0.05) is 36.4 Å². The Balaban J connectivity index is 1.80. The van der Waals surface area contributed by atoms with E-state index in [0.29, 0.717) is 0 Å². The lowest BCUT2D eigenvalue weighted by Crippen LogP contribution is -2.36. The van der Waals surface area contributed by atoms with Crippen molar-refractivity contribution in [1.82, 2.24) is 5.32 Å². The van der Waals surface area contributed by atoms with E-state index in [1.54, 1.807) is 12.1 Å². The van der Waals surface area contributed by atoms with E-state index in [4.69, 9.17) is 4.74 Å². The molecule has 0 radical (unpaired) electrons. The summed E-state index contributed by atoms with van der Waals surface area (Å²) in [5.41, 5.74) is 3.46. The quantitative estimate of drug-likeness (QED) is 0.902. The van der Waals surface area contributed by atoms with E-state index in [0.717, 1.165) is 18.7 Å². The number of ether oxygens (including phenoxy) is 1. The molecule has 2 nitrogen and oxygen atoms in total. The average Bonchev–Trinajstić information content (AvgIpc) is 2.49. The summed E-state index contributed by atoms with van der Waals surface area (Å²) in [7, 11) is 0. The summed E-state index contributed by atoms with van der Waals surface area (Å²) >= 11 is 0. The Morgan fingerprint density at radius 2 is 1.70 bits per heavy atom. The number of hydrogen-bond acceptors (Lipinski definition) is 2. The van der Waals surface area contributed by atoms with Gasteiger partial charge in [-0.2, -0.15) is 0 Å². The molecule has 1 aliphatic rings. The van der Waals surface area contributed by atoms with Crippen LogP contribution in [-0.2, 0) is 4.74 Å². The third-order valence-electron chi connectivity index (χ3n) is 3.77. The number of rotatable bonds is 2. The Hall–Kier alpha value is -1.71. The molecule has 1 aliphatic heterocycles. The second kappa shape index (κ2) is 5.73. The summed E-state index contributed by atoms with van der Waals surface area (Å²) in [6, 6.07) is 14.8. The van der Waals surface area contributed by atoms with Crippen LogP contribution in [-0.4, -0.2) is 13.1 Å². The van der Waals surface area contributed by atoms with Crippen molar-refractivity contribution in [3.63, 3.8) is 0 Å². The number of halogens is 1. The van der Waals surface area contributed by atoms with Gasteiger partial charge in [-0.15, -0.1) is 0 Å². The zero-order chi connectivity index (χ0) is 13.9. The van der Waals surface area contributed by atoms with Crippen LogP contribution in [0.2, 0.25) is 0 Å². The van der Waals surface area contributed by atoms with Crippen LogP contribution in [0.25, 0.3) is 0 Å². The van der Waals surface area contributed by atoms with E-state index >= 15 is 0 Å². The molecule has 1 fully saturated rings. The lowest BCUT2D eigenvalue weighted by atomic mass is 10.0. The van der Waals surface area contributed by atoms with Gasteiger partial charge in [-0.3, -0.25) is 0 Å². The lowest BCUT2D eigenvalue weighted by Gasteiger charge is -2.32. The molecule has 2 atom stereocenters. The van der Waals surface area contributed by atoms with Crippen LogP contribution < -0.4 is 5.32 Å². The molecule has 20 heavy (non-hydrogen) atoms. The maximum Gasteiger partial charge on any atom is 0.123 e. The van der Waals surface area contributed by atoms with Gasteiger partial charge in [0.15, 0.2) is 0 Å². The molecule has 1 saturated heterocycles. The molecule has 3 heteroatoms. The first-order valence-corrected chi connectivity index (χ1v) is 6.91. The fraction of sp³-hybridized carbons (Fsp3) is 0.294. The zero-order valence-electron chi connectivity index (χ0n) is 11.5. The van der Waals surface area contributed by atoms with Crippen molar-refractivity contribution >= 4 is 0 Å². The van der Waals surface area contributed by atoms with Crippen molar-refractivity contribution in [2.45, 2.75) is 19.1 Å². The number of nitrogens with one attached hydrogen (secondary N) is 1. The van der Waals surface area contributed by atoms with Crippen molar-refractivity contribution in [3.8, 4) is 0 Å². The van der Waals surface area contributed by atoms with Crippen molar-refractivity contribution < 1.29 is 9.13 Å². The molecule has 0 aliphatic carbocycles. The van der Waals surface area contributed by atoms with Crippen LogP contribution >= 0.6 is 0 Å². The van der Waals surface area contributed by atoms with E-state index in [2.05, 4.69) is 24.4 Å². The lowest BCUT2D eigenvalue weighted by molar-refractivity contribution is -0.0409. The molecule has 0 bridgehead atoms. The predicted molar refractivity (Wildman–Crippen MR) is 77.0 cm³/mol. The molecule has 104 valence electrons. The molecule has 1 N–H and O–H groups in total. The van der Waals surface area contributed by atoms with Crippen molar-refractivity contribution in [2.24, 2.45) is 0 Å². The van der Waals surface area contributed by atoms with Crippen molar-refractivity contribution in [2.75, 3.05) is 13.1 Å². The molecule has 2 unspecified atom stereocenters. The Kier molecular flexibility index (Phi) is 3.81. The SMILES string of the molecule is Cc1ccccc1C1CNCC(c2ccc(F)cc2)O1. The van der Waals surface area contributed by atoms with Gasteiger partial charge in [0.25, 0.3) is 0 Å². The van der Waals surface area contributed by atoms with Crippen molar-refractivity contribution in [3.05, 3.63) is 71.0 Å².